The molecule has 2 atom stereocenters. The van der Waals surface area contributed by atoms with Gasteiger partial charge in [-0.2, -0.15) is 16.9 Å². The van der Waals surface area contributed by atoms with Gasteiger partial charge in [0.25, 0.3) is 11.5 Å². The second kappa shape index (κ2) is 9.22. The third kappa shape index (κ3) is 5.08. The van der Waals surface area contributed by atoms with Crippen LogP contribution in [0.1, 0.15) is 36.7 Å². The third-order valence-electron chi connectivity index (χ3n) is 4.51. The van der Waals surface area contributed by atoms with Gasteiger partial charge in [-0.15, -0.1) is 0 Å². The van der Waals surface area contributed by atoms with Crippen molar-refractivity contribution in [2.24, 2.45) is 13.0 Å². The van der Waals surface area contributed by atoms with Gasteiger partial charge in [0.05, 0.1) is 0 Å². The van der Waals surface area contributed by atoms with Crippen molar-refractivity contribution < 1.29 is 4.79 Å². The highest BCUT2D eigenvalue weighted by molar-refractivity contribution is 7.98. The van der Waals surface area contributed by atoms with E-state index in [-0.39, 0.29) is 17.5 Å². The first-order chi connectivity index (χ1) is 11.5. The summed E-state index contributed by atoms with van der Waals surface area (Å²) in [4.78, 5) is 26.3. The maximum absolute atomic E-state index is 12.5. The van der Waals surface area contributed by atoms with E-state index in [0.717, 1.165) is 32.5 Å². The molecule has 1 N–H and O–H groups in total. The number of hydrogen-bond acceptors (Lipinski definition) is 5. The molecule has 0 aromatic carbocycles. The zero-order chi connectivity index (χ0) is 17.5. The van der Waals surface area contributed by atoms with E-state index in [1.54, 1.807) is 7.05 Å². The van der Waals surface area contributed by atoms with Crippen molar-refractivity contribution in [3.8, 4) is 0 Å². The van der Waals surface area contributed by atoms with Gasteiger partial charge < -0.3 is 10.2 Å². The molecule has 24 heavy (non-hydrogen) atoms. The third-order valence-corrected chi connectivity index (χ3v) is 5.21. The molecular weight excluding hydrogens is 324 g/mol. The predicted octanol–water partition coefficient (Wildman–Crippen LogP) is 1.36. The number of aromatic nitrogens is 2. The summed E-state index contributed by atoms with van der Waals surface area (Å²) in [5.41, 5.74) is 0.0874. The van der Waals surface area contributed by atoms with Crippen LogP contribution < -0.4 is 10.9 Å². The first-order valence-corrected chi connectivity index (χ1v) is 10.0. The summed E-state index contributed by atoms with van der Waals surface area (Å²) in [5.74, 6) is 1.47. The van der Waals surface area contributed by atoms with Crippen LogP contribution in [0.25, 0.3) is 0 Å². The molecule has 0 unspecified atom stereocenters. The molecule has 1 saturated heterocycles. The van der Waals surface area contributed by atoms with Crippen molar-refractivity contribution in [2.45, 2.75) is 32.2 Å². The van der Waals surface area contributed by atoms with E-state index in [1.165, 1.54) is 29.0 Å². The van der Waals surface area contributed by atoms with Crippen LogP contribution in [0, 0.1) is 5.92 Å². The van der Waals surface area contributed by atoms with E-state index in [1.807, 2.05) is 11.8 Å². The summed E-state index contributed by atoms with van der Waals surface area (Å²) in [5, 5.41) is 7.17. The van der Waals surface area contributed by atoms with E-state index in [9.17, 15) is 9.59 Å². The van der Waals surface area contributed by atoms with Crippen molar-refractivity contribution in [2.75, 3.05) is 31.6 Å². The number of hydrogen-bond donors (Lipinski definition) is 1. The Balaban J connectivity index is 1.98. The summed E-state index contributed by atoms with van der Waals surface area (Å²) < 4.78 is 1.20. The molecule has 0 spiro atoms. The van der Waals surface area contributed by atoms with Gasteiger partial charge in [0.2, 0.25) is 0 Å². The van der Waals surface area contributed by atoms with Crippen molar-refractivity contribution in [1.82, 2.24) is 20.0 Å². The van der Waals surface area contributed by atoms with Crippen LogP contribution in [0.2, 0.25) is 0 Å². The number of rotatable bonds is 8. The van der Waals surface area contributed by atoms with Gasteiger partial charge in [0.1, 0.15) is 5.69 Å². The Kier molecular flexibility index (Phi) is 7.30. The summed E-state index contributed by atoms with van der Waals surface area (Å²) in [6, 6.07) is 3.04. The number of likely N-dealkylation sites (tertiary alicyclic amines) is 1. The Hall–Kier alpha value is -1.34. The number of amides is 1. The van der Waals surface area contributed by atoms with Gasteiger partial charge in [-0.05, 0) is 43.4 Å². The second-order valence-corrected chi connectivity index (χ2v) is 7.40. The fraction of sp³-hybridized carbons (Fsp3) is 0.706. The lowest BCUT2D eigenvalue weighted by molar-refractivity contribution is 0.0921. The Morgan fingerprint density at radius 2 is 2.21 bits per heavy atom. The van der Waals surface area contributed by atoms with Gasteiger partial charge in [-0.3, -0.25) is 9.59 Å². The normalized spacial score (nSPS) is 21.1. The average Bonchev–Trinajstić information content (AvgIpc) is 2.92. The van der Waals surface area contributed by atoms with Gasteiger partial charge in [-0.25, -0.2) is 4.68 Å². The standard InChI is InChI=1S/C17H28N4O2S/c1-4-6-13-11-21(9-5-10-24-3)12-15(13)18-17(23)14-7-8-16(22)20(2)19-14/h7-8,13,15H,4-6,9-12H2,1-3H3,(H,18,23)/t13-,15-/m0/s1. The quantitative estimate of drug-likeness (QED) is 0.716. The Labute approximate surface area is 148 Å². The van der Waals surface area contributed by atoms with Crippen molar-refractivity contribution in [3.63, 3.8) is 0 Å². The molecule has 1 fully saturated rings. The fourth-order valence-electron chi connectivity index (χ4n) is 3.27. The maximum atomic E-state index is 12.5. The van der Waals surface area contributed by atoms with E-state index < -0.39 is 0 Å². The van der Waals surface area contributed by atoms with Crippen molar-refractivity contribution in [1.29, 1.82) is 0 Å². The minimum atomic E-state index is -0.212. The highest BCUT2D eigenvalue weighted by Gasteiger charge is 2.33. The van der Waals surface area contributed by atoms with Crippen LogP contribution in [0.4, 0.5) is 0 Å². The van der Waals surface area contributed by atoms with Gasteiger partial charge in [0.15, 0.2) is 0 Å². The molecule has 0 radical (unpaired) electrons. The molecule has 7 heteroatoms. The first kappa shape index (κ1) is 19.0. The molecule has 1 aromatic rings. The molecule has 1 aliphatic heterocycles. The van der Waals surface area contributed by atoms with Crippen molar-refractivity contribution >= 4 is 17.7 Å². The summed E-state index contributed by atoms with van der Waals surface area (Å²) in [6.07, 6.45) is 5.55. The monoisotopic (exact) mass is 352 g/mol. The predicted molar refractivity (Wildman–Crippen MR) is 98.6 cm³/mol. The number of carbonyl (C=O) groups is 1. The van der Waals surface area contributed by atoms with Gasteiger partial charge in [0, 0.05) is 32.2 Å². The van der Waals surface area contributed by atoms with Crippen LogP contribution in [-0.2, 0) is 7.05 Å². The molecule has 0 saturated carbocycles. The van der Waals surface area contributed by atoms with E-state index in [2.05, 4.69) is 28.5 Å². The fourth-order valence-corrected chi connectivity index (χ4v) is 3.69. The maximum Gasteiger partial charge on any atom is 0.271 e. The topological polar surface area (TPSA) is 67.2 Å². The smallest absolute Gasteiger partial charge is 0.271 e. The number of aryl methyl sites for hydroxylation is 1. The lowest BCUT2D eigenvalue weighted by Gasteiger charge is -2.19. The molecule has 134 valence electrons. The van der Waals surface area contributed by atoms with Crippen molar-refractivity contribution in [3.05, 3.63) is 28.2 Å². The summed E-state index contributed by atoms with van der Waals surface area (Å²) in [7, 11) is 1.56. The summed E-state index contributed by atoms with van der Waals surface area (Å²) >= 11 is 1.87. The molecule has 1 aliphatic rings. The van der Waals surface area contributed by atoms with Crippen LogP contribution in [-0.4, -0.2) is 58.3 Å². The molecule has 0 bridgehead atoms. The number of nitrogens with zero attached hydrogens (tertiary/aromatic N) is 3. The minimum absolute atomic E-state index is 0.158. The number of nitrogens with one attached hydrogen (secondary N) is 1. The van der Waals surface area contributed by atoms with Crippen LogP contribution in [0.5, 0.6) is 0 Å². The Morgan fingerprint density at radius 1 is 1.42 bits per heavy atom. The van der Waals surface area contributed by atoms with E-state index >= 15 is 0 Å². The lowest BCUT2D eigenvalue weighted by atomic mass is 9.98. The second-order valence-electron chi connectivity index (χ2n) is 6.42. The highest BCUT2D eigenvalue weighted by Crippen LogP contribution is 2.22. The van der Waals surface area contributed by atoms with Crippen LogP contribution in [0.3, 0.4) is 0 Å². The molecular formula is C17H28N4O2S. The molecule has 0 aliphatic carbocycles. The molecule has 1 amide bonds. The van der Waals surface area contributed by atoms with E-state index in [0.29, 0.717) is 11.6 Å². The lowest BCUT2D eigenvalue weighted by Crippen LogP contribution is -2.41. The molecule has 6 nitrogen and oxygen atoms in total. The van der Waals surface area contributed by atoms with E-state index in [4.69, 9.17) is 0 Å². The highest BCUT2D eigenvalue weighted by atomic mass is 32.2. The first-order valence-electron chi connectivity index (χ1n) is 8.61. The zero-order valence-electron chi connectivity index (χ0n) is 14.8. The molecule has 2 heterocycles. The van der Waals surface area contributed by atoms with Crippen LogP contribution >= 0.6 is 11.8 Å². The van der Waals surface area contributed by atoms with Gasteiger partial charge >= 0.3 is 0 Å². The summed E-state index contributed by atoms with van der Waals surface area (Å²) in [6.45, 7) is 5.22. The Bertz CT molecular complexity index is 604. The average molecular weight is 353 g/mol. The molecule has 2 rings (SSSR count). The van der Waals surface area contributed by atoms with Crippen LogP contribution in [0.15, 0.2) is 16.9 Å². The molecule has 1 aromatic heterocycles. The number of thioether (sulfide) groups is 1. The number of carbonyl (C=O) groups excluding carboxylic acids is 1. The zero-order valence-corrected chi connectivity index (χ0v) is 15.6. The Morgan fingerprint density at radius 3 is 2.88 bits per heavy atom. The SMILES string of the molecule is CCC[C@H]1CN(CCCSC)C[C@@H]1NC(=O)c1ccc(=O)n(C)n1. The van der Waals surface area contributed by atoms with Gasteiger partial charge in [-0.1, -0.05) is 13.3 Å². The minimum Gasteiger partial charge on any atom is -0.346 e. The largest absolute Gasteiger partial charge is 0.346 e.